The van der Waals surface area contributed by atoms with Crippen molar-refractivity contribution in [3.63, 3.8) is 0 Å². The molecule has 0 bridgehead atoms. The summed E-state index contributed by atoms with van der Waals surface area (Å²) in [7, 11) is 0. The Bertz CT molecular complexity index is 627. The molecule has 2 rings (SSSR count). The first-order valence-electron chi connectivity index (χ1n) is 6.19. The average Bonchev–Trinajstić information content (AvgIpc) is 2.49. The van der Waals surface area contributed by atoms with Crippen LogP contribution in [0.2, 0.25) is 0 Å². The summed E-state index contributed by atoms with van der Waals surface area (Å²) < 4.78 is 0. The lowest BCUT2D eigenvalue weighted by Crippen LogP contribution is -2.11. The van der Waals surface area contributed by atoms with Crippen molar-refractivity contribution in [2.45, 2.75) is 6.42 Å². The van der Waals surface area contributed by atoms with E-state index in [1.54, 1.807) is 24.3 Å². The van der Waals surface area contributed by atoms with Crippen molar-refractivity contribution in [3.8, 4) is 6.07 Å². The maximum absolute atomic E-state index is 12.0. The lowest BCUT2D eigenvalue weighted by molar-refractivity contribution is 0.102. The first-order valence-corrected chi connectivity index (χ1v) is 7.31. The van der Waals surface area contributed by atoms with E-state index in [0.29, 0.717) is 11.1 Å². The van der Waals surface area contributed by atoms with Crippen LogP contribution in [-0.2, 0) is 6.42 Å². The Labute approximate surface area is 126 Å². The summed E-state index contributed by atoms with van der Waals surface area (Å²) in [6, 6.07) is 16.4. The van der Waals surface area contributed by atoms with Gasteiger partial charge in [-0.3, -0.25) is 4.79 Å². The van der Waals surface area contributed by atoms with E-state index in [0.717, 1.165) is 17.4 Å². The van der Waals surface area contributed by atoms with E-state index in [9.17, 15) is 4.79 Å². The van der Waals surface area contributed by atoms with E-state index >= 15 is 0 Å². The van der Waals surface area contributed by atoms with Crippen LogP contribution >= 0.6 is 15.9 Å². The van der Waals surface area contributed by atoms with Crippen LogP contribution < -0.4 is 5.32 Å². The predicted molar refractivity (Wildman–Crippen MR) is 83.1 cm³/mol. The van der Waals surface area contributed by atoms with Crippen LogP contribution in [-0.4, -0.2) is 11.2 Å². The fraction of sp³-hybridized carbons (Fsp3) is 0.125. The highest BCUT2D eigenvalue weighted by molar-refractivity contribution is 9.09. The third-order valence-corrected chi connectivity index (χ3v) is 3.27. The lowest BCUT2D eigenvalue weighted by atomic mass is 10.1. The van der Waals surface area contributed by atoms with Crippen LogP contribution in [0.5, 0.6) is 0 Å². The number of nitrogens with one attached hydrogen (secondary N) is 1. The maximum atomic E-state index is 12.0. The van der Waals surface area contributed by atoms with Gasteiger partial charge in [0.2, 0.25) is 0 Å². The molecule has 0 aliphatic heterocycles. The number of rotatable bonds is 4. The first-order chi connectivity index (χ1) is 9.72. The second-order valence-corrected chi connectivity index (χ2v) is 5.07. The quantitative estimate of drug-likeness (QED) is 0.869. The summed E-state index contributed by atoms with van der Waals surface area (Å²) in [5, 5.41) is 12.5. The minimum atomic E-state index is -0.178. The molecule has 2 aromatic carbocycles. The van der Waals surface area contributed by atoms with Crippen molar-refractivity contribution in [3.05, 3.63) is 65.2 Å². The van der Waals surface area contributed by atoms with Gasteiger partial charge in [0.1, 0.15) is 0 Å². The Morgan fingerprint density at radius 1 is 1.10 bits per heavy atom. The van der Waals surface area contributed by atoms with Gasteiger partial charge in [-0.15, -0.1) is 0 Å². The van der Waals surface area contributed by atoms with Gasteiger partial charge in [-0.2, -0.15) is 5.26 Å². The molecule has 4 heteroatoms. The van der Waals surface area contributed by atoms with Crippen molar-refractivity contribution in [2.24, 2.45) is 0 Å². The van der Waals surface area contributed by atoms with Crippen LogP contribution in [0.25, 0.3) is 0 Å². The van der Waals surface area contributed by atoms with Crippen molar-refractivity contribution in [1.29, 1.82) is 5.26 Å². The molecule has 0 fully saturated rings. The fourth-order valence-electron chi connectivity index (χ4n) is 1.76. The van der Waals surface area contributed by atoms with E-state index in [1.807, 2.05) is 30.3 Å². The van der Waals surface area contributed by atoms with Gasteiger partial charge < -0.3 is 5.32 Å². The minimum absolute atomic E-state index is 0.178. The Hall–Kier alpha value is -2.12. The molecule has 0 heterocycles. The number of benzene rings is 2. The van der Waals surface area contributed by atoms with Gasteiger partial charge in [-0.25, -0.2) is 0 Å². The molecule has 0 aliphatic carbocycles. The Kier molecular flexibility index (Phi) is 4.91. The monoisotopic (exact) mass is 328 g/mol. The predicted octanol–water partition coefficient (Wildman–Crippen LogP) is 3.75. The number of aryl methyl sites for hydroxylation is 1. The number of nitrogens with zero attached hydrogens (tertiary/aromatic N) is 1. The summed E-state index contributed by atoms with van der Waals surface area (Å²) in [6.45, 7) is 0. The van der Waals surface area contributed by atoms with Gasteiger partial charge in [0.25, 0.3) is 5.91 Å². The van der Waals surface area contributed by atoms with Crippen LogP contribution in [0.15, 0.2) is 48.5 Å². The molecular weight excluding hydrogens is 316 g/mol. The van der Waals surface area contributed by atoms with Crippen molar-refractivity contribution in [1.82, 2.24) is 0 Å². The second-order valence-electron chi connectivity index (χ2n) is 4.28. The summed E-state index contributed by atoms with van der Waals surface area (Å²) in [5.74, 6) is -0.178. The molecule has 0 unspecified atom stereocenters. The molecule has 2 aromatic rings. The van der Waals surface area contributed by atoms with Gasteiger partial charge >= 0.3 is 0 Å². The number of alkyl halides is 1. The number of halogens is 1. The van der Waals surface area contributed by atoms with Gasteiger partial charge in [-0.05, 0) is 48.4 Å². The zero-order chi connectivity index (χ0) is 14.4. The highest BCUT2D eigenvalue weighted by Gasteiger charge is 2.05. The molecule has 0 spiro atoms. The molecule has 0 saturated carbocycles. The highest BCUT2D eigenvalue weighted by Crippen LogP contribution is 2.13. The lowest BCUT2D eigenvalue weighted by Gasteiger charge is -2.06. The molecular formula is C16H13BrN2O. The Morgan fingerprint density at radius 2 is 1.75 bits per heavy atom. The second kappa shape index (κ2) is 6.88. The minimum Gasteiger partial charge on any atom is -0.322 e. The summed E-state index contributed by atoms with van der Waals surface area (Å²) in [5.41, 5.74) is 3.06. The van der Waals surface area contributed by atoms with Gasteiger partial charge in [-0.1, -0.05) is 28.1 Å². The summed E-state index contributed by atoms with van der Waals surface area (Å²) in [4.78, 5) is 12.0. The first kappa shape index (κ1) is 14.3. The Morgan fingerprint density at radius 3 is 2.30 bits per heavy atom. The summed E-state index contributed by atoms with van der Waals surface area (Å²) >= 11 is 3.39. The zero-order valence-electron chi connectivity index (χ0n) is 10.8. The van der Waals surface area contributed by atoms with Crippen LogP contribution in [0, 0.1) is 11.3 Å². The molecule has 1 amide bonds. The SMILES string of the molecule is N#Cc1ccc(C(=O)Nc2ccc(CCBr)cc2)cc1. The van der Waals surface area contributed by atoms with Gasteiger partial charge in [0.15, 0.2) is 0 Å². The standard InChI is InChI=1S/C16H13BrN2O/c17-10-9-12-3-7-15(8-4-12)19-16(20)14-5-1-13(11-18)2-6-14/h1-8H,9-10H2,(H,19,20). The number of carbonyl (C=O) groups excluding carboxylic acids is 1. The third-order valence-electron chi connectivity index (χ3n) is 2.87. The zero-order valence-corrected chi connectivity index (χ0v) is 12.4. The molecule has 1 N–H and O–H groups in total. The van der Waals surface area contributed by atoms with Crippen LogP contribution in [0.1, 0.15) is 21.5 Å². The van der Waals surface area contributed by atoms with Gasteiger partial charge in [0.05, 0.1) is 11.6 Å². The largest absolute Gasteiger partial charge is 0.322 e. The fourth-order valence-corrected chi connectivity index (χ4v) is 2.22. The number of hydrogen-bond acceptors (Lipinski definition) is 2. The molecule has 3 nitrogen and oxygen atoms in total. The van der Waals surface area contributed by atoms with E-state index in [1.165, 1.54) is 5.56 Å². The molecule has 100 valence electrons. The summed E-state index contributed by atoms with van der Waals surface area (Å²) in [6.07, 6.45) is 0.962. The normalized spacial score (nSPS) is 9.80. The van der Waals surface area contributed by atoms with Crippen LogP contribution in [0.3, 0.4) is 0 Å². The topological polar surface area (TPSA) is 52.9 Å². The molecule has 0 atom stereocenters. The smallest absolute Gasteiger partial charge is 0.255 e. The Balaban J connectivity index is 2.05. The van der Waals surface area contributed by atoms with Crippen molar-refractivity contribution >= 4 is 27.5 Å². The van der Waals surface area contributed by atoms with E-state index in [-0.39, 0.29) is 5.91 Å². The van der Waals surface area contributed by atoms with E-state index in [4.69, 9.17) is 5.26 Å². The number of hydrogen-bond donors (Lipinski definition) is 1. The molecule has 0 aromatic heterocycles. The maximum Gasteiger partial charge on any atom is 0.255 e. The average molecular weight is 329 g/mol. The van der Waals surface area contributed by atoms with E-state index < -0.39 is 0 Å². The van der Waals surface area contributed by atoms with Crippen molar-refractivity contribution < 1.29 is 4.79 Å². The highest BCUT2D eigenvalue weighted by atomic mass is 79.9. The number of carbonyl (C=O) groups is 1. The van der Waals surface area contributed by atoms with E-state index in [2.05, 4.69) is 21.2 Å². The van der Waals surface area contributed by atoms with Crippen molar-refractivity contribution in [2.75, 3.05) is 10.6 Å². The van der Waals surface area contributed by atoms with Crippen LogP contribution in [0.4, 0.5) is 5.69 Å². The number of anilines is 1. The molecule has 0 saturated heterocycles. The third kappa shape index (κ3) is 3.69. The number of amides is 1. The number of nitriles is 1. The van der Waals surface area contributed by atoms with Gasteiger partial charge in [0, 0.05) is 16.6 Å². The molecule has 0 radical (unpaired) electrons. The molecule has 0 aliphatic rings. The molecule has 20 heavy (non-hydrogen) atoms.